The van der Waals surface area contributed by atoms with Gasteiger partial charge in [-0.2, -0.15) is 0 Å². The maximum absolute atomic E-state index is 12.2. The van der Waals surface area contributed by atoms with E-state index in [2.05, 4.69) is 5.32 Å². The van der Waals surface area contributed by atoms with E-state index in [0.717, 1.165) is 22.8 Å². The molecule has 1 amide bonds. The van der Waals surface area contributed by atoms with Gasteiger partial charge in [-0.1, -0.05) is 18.2 Å². The van der Waals surface area contributed by atoms with Crippen molar-refractivity contribution in [1.29, 1.82) is 0 Å². The summed E-state index contributed by atoms with van der Waals surface area (Å²) in [6.45, 7) is 7.29. The average Bonchev–Trinajstić information content (AvgIpc) is 2.68. The number of amides is 1. The van der Waals surface area contributed by atoms with Gasteiger partial charge in [0.05, 0.1) is 23.1 Å². The Hall–Kier alpha value is -3.42. The highest BCUT2D eigenvalue weighted by molar-refractivity contribution is 5.92. The smallest absolute Gasteiger partial charge is 0.338 e. The number of carbonyl (C=O) groups is 2. The minimum Gasteiger partial charge on any atom is -0.487 e. The highest BCUT2D eigenvalue weighted by atomic mass is 16.6. The summed E-state index contributed by atoms with van der Waals surface area (Å²) in [5, 5.41) is 13.9. The zero-order valence-corrected chi connectivity index (χ0v) is 16.9. The van der Waals surface area contributed by atoms with Crippen LogP contribution >= 0.6 is 0 Å². The Balaban J connectivity index is 1.97. The molecule has 0 fully saturated rings. The van der Waals surface area contributed by atoms with Crippen molar-refractivity contribution in [3.63, 3.8) is 0 Å². The summed E-state index contributed by atoms with van der Waals surface area (Å²) in [7, 11) is 0. The first-order valence-electron chi connectivity index (χ1n) is 9.17. The molecule has 0 spiro atoms. The quantitative estimate of drug-likeness (QED) is 0.412. The molecule has 0 saturated carbocycles. The molecule has 0 aliphatic carbocycles. The zero-order valence-electron chi connectivity index (χ0n) is 16.9. The van der Waals surface area contributed by atoms with Crippen LogP contribution in [0.3, 0.4) is 0 Å². The summed E-state index contributed by atoms with van der Waals surface area (Å²) in [6.07, 6.45) is 0. The van der Waals surface area contributed by atoms with E-state index in [1.807, 2.05) is 39.0 Å². The molecule has 0 bridgehead atoms. The van der Waals surface area contributed by atoms with Crippen LogP contribution in [0.4, 0.5) is 5.69 Å². The highest BCUT2D eigenvalue weighted by Crippen LogP contribution is 2.28. The van der Waals surface area contributed by atoms with Gasteiger partial charge in [-0.3, -0.25) is 14.9 Å². The number of esters is 1. The second kappa shape index (κ2) is 9.68. The van der Waals surface area contributed by atoms with E-state index in [-0.39, 0.29) is 29.6 Å². The lowest BCUT2D eigenvalue weighted by atomic mass is 10.0. The van der Waals surface area contributed by atoms with Crippen molar-refractivity contribution in [2.45, 2.75) is 33.7 Å². The first-order chi connectivity index (χ1) is 13.7. The molecule has 2 aromatic carbocycles. The van der Waals surface area contributed by atoms with E-state index in [1.54, 1.807) is 6.92 Å². The zero-order chi connectivity index (χ0) is 21.6. The Morgan fingerprint density at radius 2 is 1.86 bits per heavy atom. The van der Waals surface area contributed by atoms with E-state index in [9.17, 15) is 19.7 Å². The number of hydrogen-bond acceptors (Lipinski definition) is 6. The number of rotatable bonds is 8. The number of carbonyl (C=O) groups excluding carboxylic acids is 2. The van der Waals surface area contributed by atoms with Crippen molar-refractivity contribution < 1.29 is 24.0 Å². The number of ether oxygens (including phenoxy) is 2. The molecule has 1 N–H and O–H groups in total. The Kier molecular flexibility index (Phi) is 7.30. The van der Waals surface area contributed by atoms with Gasteiger partial charge < -0.3 is 14.8 Å². The molecule has 2 rings (SSSR count). The topological polar surface area (TPSA) is 108 Å². The number of hydrogen-bond donors (Lipinski definition) is 1. The molecule has 0 saturated heterocycles. The van der Waals surface area contributed by atoms with Gasteiger partial charge in [0.15, 0.2) is 12.4 Å². The second-order valence-electron chi connectivity index (χ2n) is 6.58. The molecule has 8 nitrogen and oxygen atoms in total. The number of aryl methyl sites for hydroxylation is 2. The minimum atomic E-state index is -0.829. The van der Waals surface area contributed by atoms with E-state index >= 15 is 0 Å². The molecule has 2 aromatic rings. The van der Waals surface area contributed by atoms with Crippen molar-refractivity contribution >= 4 is 17.6 Å². The van der Waals surface area contributed by atoms with Crippen LogP contribution in [0, 0.1) is 24.0 Å². The Labute approximate surface area is 169 Å². The summed E-state index contributed by atoms with van der Waals surface area (Å²) >= 11 is 0. The largest absolute Gasteiger partial charge is 0.487 e. The second-order valence-corrected chi connectivity index (χ2v) is 6.58. The van der Waals surface area contributed by atoms with E-state index in [0.29, 0.717) is 0 Å². The fraction of sp³-hybridized carbons (Fsp3) is 0.333. The lowest BCUT2D eigenvalue weighted by molar-refractivity contribution is -0.385. The number of nitro benzene ring substituents is 1. The summed E-state index contributed by atoms with van der Waals surface area (Å²) < 4.78 is 10.2. The van der Waals surface area contributed by atoms with Crippen LogP contribution in [0.25, 0.3) is 0 Å². The van der Waals surface area contributed by atoms with E-state index in [4.69, 9.17) is 9.47 Å². The summed E-state index contributed by atoms with van der Waals surface area (Å²) in [4.78, 5) is 34.8. The lowest BCUT2D eigenvalue weighted by Crippen LogP contribution is -2.31. The highest BCUT2D eigenvalue weighted by Gasteiger charge is 2.20. The van der Waals surface area contributed by atoms with Crippen LogP contribution in [-0.2, 0) is 9.53 Å². The molecule has 1 unspecified atom stereocenters. The van der Waals surface area contributed by atoms with Crippen LogP contribution in [0.5, 0.6) is 5.75 Å². The predicted octanol–water partition coefficient (Wildman–Crippen LogP) is 3.64. The van der Waals surface area contributed by atoms with Crippen molar-refractivity contribution in [1.82, 2.24) is 5.32 Å². The van der Waals surface area contributed by atoms with Gasteiger partial charge in [0.2, 0.25) is 0 Å². The Bertz CT molecular complexity index is 925. The molecule has 0 aromatic heterocycles. The van der Waals surface area contributed by atoms with E-state index in [1.165, 1.54) is 12.1 Å². The van der Waals surface area contributed by atoms with Crippen molar-refractivity contribution in [2.24, 2.45) is 0 Å². The number of nitro groups is 1. The standard InChI is InChI=1S/C21H24N2O6/c1-5-28-19-9-8-17(11-18(19)23(26)27)21(25)29-12-20(24)22-15(4)16-7-6-13(2)14(3)10-16/h6-11,15H,5,12H2,1-4H3,(H,22,24). The summed E-state index contributed by atoms with van der Waals surface area (Å²) in [5.74, 6) is -1.23. The molecule has 1 atom stereocenters. The van der Waals surface area contributed by atoms with Crippen LogP contribution in [-0.4, -0.2) is 30.0 Å². The molecular weight excluding hydrogens is 376 g/mol. The molecule has 0 aliphatic rings. The van der Waals surface area contributed by atoms with Gasteiger partial charge >= 0.3 is 11.7 Å². The Morgan fingerprint density at radius 1 is 1.14 bits per heavy atom. The first-order valence-corrected chi connectivity index (χ1v) is 9.17. The maximum Gasteiger partial charge on any atom is 0.338 e. The summed E-state index contributed by atoms with van der Waals surface area (Å²) in [5.41, 5.74) is 2.84. The van der Waals surface area contributed by atoms with Crippen LogP contribution in [0.15, 0.2) is 36.4 Å². The van der Waals surface area contributed by atoms with Crippen molar-refractivity contribution in [3.05, 3.63) is 68.8 Å². The van der Waals surface area contributed by atoms with E-state index < -0.39 is 23.4 Å². The van der Waals surface area contributed by atoms with Crippen molar-refractivity contribution in [2.75, 3.05) is 13.2 Å². The number of nitrogens with one attached hydrogen (secondary N) is 1. The van der Waals surface area contributed by atoms with Gasteiger partial charge in [0.25, 0.3) is 5.91 Å². The average molecular weight is 400 g/mol. The van der Waals surface area contributed by atoms with Crippen LogP contribution in [0.2, 0.25) is 0 Å². The lowest BCUT2D eigenvalue weighted by Gasteiger charge is -2.16. The SMILES string of the molecule is CCOc1ccc(C(=O)OCC(=O)NC(C)c2ccc(C)c(C)c2)cc1[N+](=O)[O-]. The normalized spacial score (nSPS) is 11.4. The van der Waals surface area contributed by atoms with Crippen LogP contribution in [0.1, 0.15) is 46.9 Å². The van der Waals surface area contributed by atoms with Gasteiger partial charge in [-0.05, 0) is 56.5 Å². The predicted molar refractivity (Wildman–Crippen MR) is 107 cm³/mol. The van der Waals surface area contributed by atoms with Gasteiger partial charge in [0, 0.05) is 6.07 Å². The minimum absolute atomic E-state index is 0.0323. The third-order valence-corrected chi connectivity index (χ3v) is 4.43. The third kappa shape index (κ3) is 5.78. The number of benzene rings is 2. The molecule has 0 aliphatic heterocycles. The Morgan fingerprint density at radius 3 is 2.48 bits per heavy atom. The molecule has 0 heterocycles. The monoisotopic (exact) mass is 400 g/mol. The molecule has 29 heavy (non-hydrogen) atoms. The molecular formula is C21H24N2O6. The molecule has 8 heteroatoms. The van der Waals surface area contributed by atoms with Gasteiger partial charge in [0.1, 0.15) is 0 Å². The number of nitrogens with zero attached hydrogens (tertiary/aromatic N) is 1. The molecule has 154 valence electrons. The van der Waals surface area contributed by atoms with Gasteiger partial charge in [-0.25, -0.2) is 4.79 Å². The molecule has 0 radical (unpaired) electrons. The van der Waals surface area contributed by atoms with Crippen molar-refractivity contribution in [3.8, 4) is 5.75 Å². The van der Waals surface area contributed by atoms with Crippen LogP contribution < -0.4 is 10.1 Å². The van der Waals surface area contributed by atoms with Gasteiger partial charge in [-0.15, -0.1) is 0 Å². The third-order valence-electron chi connectivity index (χ3n) is 4.43. The fourth-order valence-electron chi connectivity index (χ4n) is 2.68. The first kappa shape index (κ1) is 21.9. The summed E-state index contributed by atoms with van der Waals surface area (Å²) in [6, 6.07) is 9.40. The fourth-order valence-corrected chi connectivity index (χ4v) is 2.68. The maximum atomic E-state index is 12.2.